The van der Waals surface area contributed by atoms with Crippen LogP contribution in [0.25, 0.3) is 22.1 Å². The molecule has 1 aliphatic heterocycles. The first-order chi connectivity index (χ1) is 18.1. The number of pyridine rings is 1. The molecule has 1 fully saturated rings. The van der Waals surface area contributed by atoms with E-state index >= 15 is 0 Å². The van der Waals surface area contributed by atoms with Crippen LogP contribution in [0.15, 0.2) is 67.0 Å². The maximum atomic E-state index is 13.4. The number of nitrogens with one attached hydrogen (secondary N) is 2. The van der Waals surface area contributed by atoms with E-state index < -0.39 is 0 Å². The Morgan fingerprint density at radius 3 is 2.51 bits per heavy atom. The molecule has 0 amide bonds. The van der Waals surface area contributed by atoms with Crippen molar-refractivity contribution in [3.8, 4) is 0 Å². The molecule has 0 atom stereocenters. The summed E-state index contributed by atoms with van der Waals surface area (Å²) in [5.41, 5.74) is 5.08. The van der Waals surface area contributed by atoms with Gasteiger partial charge in [-0.2, -0.15) is 0 Å². The van der Waals surface area contributed by atoms with Gasteiger partial charge in [0.25, 0.3) is 0 Å². The molecule has 0 bridgehead atoms. The van der Waals surface area contributed by atoms with Crippen LogP contribution in [0.4, 0.5) is 16.3 Å². The minimum absolute atomic E-state index is 0.217. The number of aromatic nitrogens is 5. The molecule has 2 N–H and O–H groups in total. The second-order valence-corrected chi connectivity index (χ2v) is 9.68. The van der Waals surface area contributed by atoms with Crippen LogP contribution < -0.4 is 10.6 Å². The lowest BCUT2D eigenvalue weighted by molar-refractivity contribution is 0.226. The molecule has 190 valence electrons. The Kier molecular flexibility index (Phi) is 6.44. The molecular weight excluding hydrogens is 467 g/mol. The molecule has 0 unspecified atom stereocenters. The average Bonchev–Trinajstić information content (AvgIpc) is 3.43. The lowest BCUT2D eigenvalue weighted by atomic mass is 10.1. The molecule has 0 spiro atoms. The molecule has 8 nitrogen and oxygen atoms in total. The number of imidazole rings is 2. The van der Waals surface area contributed by atoms with Crippen LogP contribution in [0.5, 0.6) is 0 Å². The van der Waals surface area contributed by atoms with Gasteiger partial charge in [0.1, 0.15) is 11.3 Å². The maximum Gasteiger partial charge on any atom is 0.204 e. The zero-order chi connectivity index (χ0) is 25.2. The van der Waals surface area contributed by atoms with Gasteiger partial charge in [-0.1, -0.05) is 24.3 Å². The minimum atomic E-state index is -0.217. The van der Waals surface area contributed by atoms with Crippen LogP contribution in [0, 0.1) is 5.82 Å². The van der Waals surface area contributed by atoms with Crippen molar-refractivity contribution < 1.29 is 4.39 Å². The van der Waals surface area contributed by atoms with E-state index in [9.17, 15) is 4.39 Å². The number of nitrogens with zero attached hydrogens (tertiary/aromatic N) is 6. The van der Waals surface area contributed by atoms with E-state index in [2.05, 4.69) is 40.7 Å². The van der Waals surface area contributed by atoms with Gasteiger partial charge in [0.15, 0.2) is 0 Å². The highest BCUT2D eigenvalue weighted by atomic mass is 19.1. The van der Waals surface area contributed by atoms with Gasteiger partial charge in [-0.15, -0.1) is 0 Å². The zero-order valence-corrected chi connectivity index (χ0v) is 20.9. The predicted molar refractivity (Wildman–Crippen MR) is 145 cm³/mol. The zero-order valence-electron chi connectivity index (χ0n) is 20.9. The van der Waals surface area contributed by atoms with Gasteiger partial charge < -0.3 is 24.7 Å². The van der Waals surface area contributed by atoms with Crippen LogP contribution >= 0.6 is 0 Å². The van der Waals surface area contributed by atoms with E-state index in [0.717, 1.165) is 78.5 Å². The van der Waals surface area contributed by atoms with Crippen molar-refractivity contribution >= 4 is 34.0 Å². The predicted octanol–water partition coefficient (Wildman–Crippen LogP) is 4.49. The van der Waals surface area contributed by atoms with Crippen molar-refractivity contribution in [3.05, 3.63) is 78.4 Å². The van der Waals surface area contributed by atoms with Crippen LogP contribution in [0.3, 0.4) is 0 Å². The molecule has 1 saturated heterocycles. The smallest absolute Gasteiger partial charge is 0.204 e. The number of likely N-dealkylation sites (tertiary alicyclic amines) is 1. The fourth-order valence-corrected chi connectivity index (χ4v) is 5.14. The number of piperidine rings is 1. The summed E-state index contributed by atoms with van der Waals surface area (Å²) in [6.07, 6.45) is 5.70. The summed E-state index contributed by atoms with van der Waals surface area (Å²) in [6, 6.07) is 17.2. The number of benzene rings is 2. The molecule has 0 aliphatic carbocycles. The highest BCUT2D eigenvalue weighted by Crippen LogP contribution is 2.24. The van der Waals surface area contributed by atoms with E-state index in [1.807, 2.05) is 43.4 Å². The van der Waals surface area contributed by atoms with Crippen molar-refractivity contribution in [1.82, 2.24) is 29.0 Å². The van der Waals surface area contributed by atoms with E-state index in [1.165, 1.54) is 12.1 Å². The Morgan fingerprint density at radius 1 is 0.919 bits per heavy atom. The molecule has 1 aliphatic rings. The molecular formula is C28H31FN8. The van der Waals surface area contributed by atoms with Gasteiger partial charge in [-0.3, -0.25) is 4.98 Å². The van der Waals surface area contributed by atoms with E-state index in [1.54, 1.807) is 12.4 Å². The summed E-state index contributed by atoms with van der Waals surface area (Å²) in [5.74, 6) is 1.53. The summed E-state index contributed by atoms with van der Waals surface area (Å²) < 4.78 is 17.7. The normalized spacial score (nSPS) is 15.0. The van der Waals surface area contributed by atoms with E-state index in [0.29, 0.717) is 12.6 Å². The molecule has 9 heteroatoms. The fourth-order valence-electron chi connectivity index (χ4n) is 5.14. The highest BCUT2D eigenvalue weighted by Gasteiger charge is 2.21. The van der Waals surface area contributed by atoms with E-state index in [-0.39, 0.29) is 5.82 Å². The Labute approximate surface area is 215 Å². The maximum absolute atomic E-state index is 13.4. The number of aryl methyl sites for hydroxylation is 1. The van der Waals surface area contributed by atoms with Gasteiger partial charge in [0, 0.05) is 45.5 Å². The Hall–Kier alpha value is -3.98. The molecule has 2 aromatic carbocycles. The first kappa shape index (κ1) is 23.4. The van der Waals surface area contributed by atoms with Gasteiger partial charge in [-0.25, -0.2) is 14.4 Å². The molecule has 37 heavy (non-hydrogen) atoms. The number of fused-ring (bicyclic) bond motifs is 2. The van der Waals surface area contributed by atoms with Crippen molar-refractivity contribution in [2.75, 3.05) is 36.8 Å². The summed E-state index contributed by atoms with van der Waals surface area (Å²) in [4.78, 5) is 16.2. The standard InChI is InChI=1S/C28H31FN8/c1-35-25-10-13-30-18-24(25)34-27(35)31-14-17-36-15-11-22(12-16-36)32-28-33-23-4-2-3-5-26(23)37(28)19-20-6-8-21(29)9-7-20/h2-10,13,18,22H,11-12,14-17,19H2,1H3,(H,31,34)(H,32,33). The monoisotopic (exact) mass is 498 g/mol. The first-order valence-electron chi connectivity index (χ1n) is 12.8. The third kappa shape index (κ3) is 4.99. The highest BCUT2D eigenvalue weighted by molar-refractivity contribution is 5.79. The first-order valence-corrected chi connectivity index (χ1v) is 12.8. The third-order valence-electron chi connectivity index (χ3n) is 7.22. The fraction of sp³-hybridized carbons (Fsp3) is 0.321. The molecule has 6 rings (SSSR count). The second kappa shape index (κ2) is 10.2. The molecule has 5 aromatic rings. The van der Waals surface area contributed by atoms with Gasteiger partial charge in [-0.05, 0) is 48.7 Å². The van der Waals surface area contributed by atoms with Crippen molar-refractivity contribution in [3.63, 3.8) is 0 Å². The lowest BCUT2D eigenvalue weighted by Gasteiger charge is -2.32. The number of hydrogen-bond acceptors (Lipinski definition) is 6. The second-order valence-electron chi connectivity index (χ2n) is 9.68. The Balaban J connectivity index is 1.06. The number of anilines is 2. The lowest BCUT2D eigenvalue weighted by Crippen LogP contribution is -2.41. The Bertz CT molecular complexity index is 1500. The van der Waals surface area contributed by atoms with Gasteiger partial charge >= 0.3 is 0 Å². The number of hydrogen-bond donors (Lipinski definition) is 2. The summed E-state index contributed by atoms with van der Waals surface area (Å²) in [5, 5.41) is 7.19. The largest absolute Gasteiger partial charge is 0.354 e. The number of para-hydroxylation sites is 2. The molecule has 3 aromatic heterocycles. The SMILES string of the molecule is Cn1c(NCCN2CCC(Nc3nc4ccccc4n3Cc3ccc(F)cc3)CC2)nc2cnccc21. The van der Waals surface area contributed by atoms with Crippen molar-refractivity contribution in [2.24, 2.45) is 7.05 Å². The molecule has 0 saturated carbocycles. The topological polar surface area (TPSA) is 75.8 Å². The van der Waals surface area contributed by atoms with Crippen molar-refractivity contribution in [1.29, 1.82) is 0 Å². The Morgan fingerprint density at radius 2 is 1.70 bits per heavy atom. The van der Waals surface area contributed by atoms with E-state index in [4.69, 9.17) is 4.98 Å². The number of rotatable bonds is 8. The minimum Gasteiger partial charge on any atom is -0.354 e. The van der Waals surface area contributed by atoms with Gasteiger partial charge in [0.05, 0.1) is 29.3 Å². The molecule has 0 radical (unpaired) electrons. The number of halogens is 1. The van der Waals surface area contributed by atoms with Gasteiger partial charge in [0.2, 0.25) is 11.9 Å². The molecule has 4 heterocycles. The summed E-state index contributed by atoms with van der Waals surface area (Å²) in [6.45, 7) is 4.52. The quantitative estimate of drug-likeness (QED) is 0.328. The average molecular weight is 499 g/mol. The van der Waals surface area contributed by atoms with Crippen LogP contribution in [0.1, 0.15) is 18.4 Å². The summed E-state index contributed by atoms with van der Waals surface area (Å²) >= 11 is 0. The van der Waals surface area contributed by atoms with Crippen LogP contribution in [-0.4, -0.2) is 61.2 Å². The van der Waals surface area contributed by atoms with Crippen molar-refractivity contribution in [2.45, 2.75) is 25.4 Å². The van der Waals surface area contributed by atoms with Crippen LogP contribution in [0.2, 0.25) is 0 Å². The third-order valence-corrected chi connectivity index (χ3v) is 7.22. The summed E-state index contributed by atoms with van der Waals surface area (Å²) in [7, 11) is 2.03. The van der Waals surface area contributed by atoms with Crippen LogP contribution in [-0.2, 0) is 13.6 Å².